The van der Waals surface area contributed by atoms with Crippen molar-refractivity contribution in [2.45, 2.75) is 45.7 Å². The molecule has 4 heterocycles. The number of aromatic nitrogens is 6. The average molecular weight is 585 g/mol. The first-order valence-corrected chi connectivity index (χ1v) is 13.2. The Bertz CT molecular complexity index is 1640. The number of pyridine rings is 1. The molecule has 0 atom stereocenters. The number of fused-ring (bicyclic) bond motifs is 1. The van der Waals surface area contributed by atoms with Crippen molar-refractivity contribution in [2.75, 3.05) is 23.4 Å². The van der Waals surface area contributed by atoms with Crippen LogP contribution in [0, 0.1) is 0 Å². The van der Waals surface area contributed by atoms with Crippen LogP contribution >= 0.6 is 0 Å². The fourth-order valence-electron chi connectivity index (χ4n) is 4.94. The van der Waals surface area contributed by atoms with E-state index in [1.54, 1.807) is 48.0 Å². The first-order valence-electron chi connectivity index (χ1n) is 13.2. The number of aliphatic hydroxyl groups is 1. The Hall–Kier alpha value is -4.30. The smallest absolute Gasteiger partial charge is 0.388 e. The minimum absolute atomic E-state index is 0.0656. The lowest BCUT2D eigenvalue weighted by Gasteiger charge is -2.18. The fourth-order valence-corrected chi connectivity index (χ4v) is 4.94. The van der Waals surface area contributed by atoms with Crippen LogP contribution in [-0.2, 0) is 38.2 Å². The number of halogens is 3. The minimum Gasteiger partial charge on any atom is -0.388 e. The van der Waals surface area contributed by atoms with Crippen molar-refractivity contribution in [2.24, 2.45) is 14.1 Å². The second-order valence-electron chi connectivity index (χ2n) is 10.8. The van der Waals surface area contributed by atoms with E-state index in [-0.39, 0.29) is 42.3 Å². The van der Waals surface area contributed by atoms with E-state index in [0.717, 1.165) is 6.07 Å². The van der Waals surface area contributed by atoms with Gasteiger partial charge in [0.25, 0.3) is 5.91 Å². The number of alkyl halides is 3. The van der Waals surface area contributed by atoms with Gasteiger partial charge in [0.15, 0.2) is 5.82 Å². The molecule has 3 aromatic heterocycles. The number of amides is 1. The van der Waals surface area contributed by atoms with E-state index in [1.165, 1.54) is 24.8 Å². The highest BCUT2D eigenvalue weighted by atomic mass is 19.4. The number of nitrogens with one attached hydrogen (secondary N) is 1. The highest BCUT2D eigenvalue weighted by Crippen LogP contribution is 2.41. The summed E-state index contributed by atoms with van der Waals surface area (Å²) in [5.41, 5.74) is -0.0911. The Morgan fingerprint density at radius 3 is 2.52 bits per heavy atom. The Labute approximate surface area is 240 Å². The van der Waals surface area contributed by atoms with Gasteiger partial charge < -0.3 is 19.7 Å². The number of carbonyl (C=O) groups is 1. The van der Waals surface area contributed by atoms with E-state index >= 15 is 0 Å². The van der Waals surface area contributed by atoms with Crippen LogP contribution in [-0.4, -0.2) is 59.3 Å². The second-order valence-corrected chi connectivity index (χ2v) is 10.8. The van der Waals surface area contributed by atoms with Gasteiger partial charge in [-0.3, -0.25) is 14.4 Å². The maximum atomic E-state index is 14.2. The van der Waals surface area contributed by atoms with Gasteiger partial charge >= 0.3 is 6.18 Å². The standard InChI is InChI=1S/C28H31F3N8O3/c1-6-32-22-9-17(24-19(11-34-38(24)5)25-36-33-15-37(25)4)10-23(35-22)39-12-20-18(26(39)40)7-16(8-21(20)28(29,30)31)13-42-14-27(2,3)41/h7-11,15,41H,6,12-14H2,1-5H3,(H,32,35). The van der Waals surface area contributed by atoms with Gasteiger partial charge in [0.2, 0.25) is 0 Å². The number of hydrogen-bond acceptors (Lipinski definition) is 8. The minimum atomic E-state index is -4.70. The lowest BCUT2D eigenvalue weighted by molar-refractivity contribution is -0.138. The lowest BCUT2D eigenvalue weighted by Crippen LogP contribution is -2.26. The monoisotopic (exact) mass is 584 g/mol. The van der Waals surface area contributed by atoms with Gasteiger partial charge in [0, 0.05) is 31.8 Å². The molecule has 5 rings (SSSR count). The van der Waals surface area contributed by atoms with E-state index in [0.29, 0.717) is 35.0 Å². The predicted molar refractivity (Wildman–Crippen MR) is 149 cm³/mol. The maximum absolute atomic E-state index is 14.2. The molecule has 0 unspecified atom stereocenters. The second kappa shape index (κ2) is 10.8. The number of hydrogen-bond donors (Lipinski definition) is 2. The summed E-state index contributed by atoms with van der Waals surface area (Å²) >= 11 is 0. The van der Waals surface area contributed by atoms with E-state index in [2.05, 4.69) is 25.6 Å². The third kappa shape index (κ3) is 5.72. The Kier molecular flexibility index (Phi) is 7.53. The zero-order valence-electron chi connectivity index (χ0n) is 23.8. The summed E-state index contributed by atoms with van der Waals surface area (Å²) in [5.74, 6) is 0.587. The molecule has 1 aliphatic heterocycles. The molecule has 0 saturated heterocycles. The molecule has 0 aliphatic carbocycles. The molecule has 0 bridgehead atoms. The SMILES string of the molecule is CCNc1cc(-c2c(-c3nncn3C)cnn2C)cc(N2Cc3c(cc(COCC(C)(C)O)cc3C(F)(F)F)C2=O)n1. The zero-order chi connectivity index (χ0) is 30.4. The molecular formula is C28H31F3N8O3. The molecule has 0 radical (unpaired) electrons. The van der Waals surface area contributed by atoms with Crippen molar-refractivity contribution >= 4 is 17.5 Å². The molecule has 1 aromatic carbocycles. The van der Waals surface area contributed by atoms with Crippen molar-refractivity contribution in [1.82, 2.24) is 29.5 Å². The predicted octanol–water partition coefficient (Wildman–Crippen LogP) is 4.18. The molecular weight excluding hydrogens is 553 g/mol. The largest absolute Gasteiger partial charge is 0.416 e. The molecule has 11 nitrogen and oxygen atoms in total. The van der Waals surface area contributed by atoms with Gasteiger partial charge in [0.1, 0.15) is 18.0 Å². The molecule has 0 spiro atoms. The summed E-state index contributed by atoms with van der Waals surface area (Å²) in [6.45, 7) is 4.88. The highest BCUT2D eigenvalue weighted by molar-refractivity contribution is 6.10. The first-order chi connectivity index (χ1) is 19.8. The van der Waals surface area contributed by atoms with Crippen LogP contribution in [0.3, 0.4) is 0 Å². The van der Waals surface area contributed by atoms with Gasteiger partial charge in [-0.2, -0.15) is 18.3 Å². The molecule has 14 heteroatoms. The highest BCUT2D eigenvalue weighted by Gasteiger charge is 2.41. The molecule has 1 amide bonds. The summed E-state index contributed by atoms with van der Waals surface area (Å²) in [6.07, 6.45) is -1.48. The molecule has 0 saturated carbocycles. The number of aryl methyl sites for hydroxylation is 2. The average Bonchev–Trinajstić information content (AvgIpc) is 3.59. The zero-order valence-corrected chi connectivity index (χ0v) is 23.8. The van der Waals surface area contributed by atoms with Crippen LogP contribution in [0.25, 0.3) is 22.6 Å². The quantitative estimate of drug-likeness (QED) is 0.301. The third-order valence-electron chi connectivity index (χ3n) is 6.74. The number of anilines is 2. The normalized spacial score (nSPS) is 13.6. The van der Waals surface area contributed by atoms with Gasteiger partial charge in [-0.15, -0.1) is 10.2 Å². The summed E-state index contributed by atoms with van der Waals surface area (Å²) in [7, 11) is 3.56. The lowest BCUT2D eigenvalue weighted by atomic mass is 9.99. The fraction of sp³-hybridized carbons (Fsp3) is 0.393. The maximum Gasteiger partial charge on any atom is 0.416 e. The van der Waals surface area contributed by atoms with Crippen molar-refractivity contribution in [3.05, 3.63) is 59.0 Å². The van der Waals surface area contributed by atoms with Crippen molar-refractivity contribution in [3.8, 4) is 22.6 Å². The number of nitrogens with zero attached hydrogens (tertiary/aromatic N) is 7. The molecule has 222 valence electrons. The molecule has 2 N–H and O–H groups in total. The van der Waals surface area contributed by atoms with Gasteiger partial charge in [-0.1, -0.05) is 0 Å². The van der Waals surface area contributed by atoms with Crippen LogP contribution in [0.4, 0.5) is 24.8 Å². The summed E-state index contributed by atoms with van der Waals surface area (Å²) in [6, 6.07) is 5.86. The van der Waals surface area contributed by atoms with Gasteiger partial charge in [0.05, 0.1) is 48.4 Å². The van der Waals surface area contributed by atoms with E-state index in [4.69, 9.17) is 4.74 Å². The van der Waals surface area contributed by atoms with Crippen molar-refractivity contribution in [3.63, 3.8) is 0 Å². The number of carbonyl (C=O) groups excluding carboxylic acids is 1. The number of ether oxygens (including phenoxy) is 1. The van der Waals surface area contributed by atoms with Gasteiger partial charge in [-0.05, 0) is 56.2 Å². The summed E-state index contributed by atoms with van der Waals surface area (Å²) in [5, 5.41) is 25.6. The molecule has 1 aliphatic rings. The Morgan fingerprint density at radius 1 is 1.12 bits per heavy atom. The topological polar surface area (TPSA) is 123 Å². The molecule has 4 aromatic rings. The van der Waals surface area contributed by atoms with Crippen LogP contribution in [0.1, 0.15) is 47.8 Å². The van der Waals surface area contributed by atoms with Crippen molar-refractivity contribution < 1.29 is 27.8 Å². The van der Waals surface area contributed by atoms with Crippen LogP contribution in [0.2, 0.25) is 0 Å². The molecule has 42 heavy (non-hydrogen) atoms. The summed E-state index contributed by atoms with van der Waals surface area (Å²) in [4.78, 5) is 19.5. The van der Waals surface area contributed by atoms with Crippen LogP contribution in [0.5, 0.6) is 0 Å². The third-order valence-corrected chi connectivity index (χ3v) is 6.74. The van der Waals surface area contributed by atoms with Gasteiger partial charge in [-0.25, -0.2) is 4.98 Å². The van der Waals surface area contributed by atoms with Crippen molar-refractivity contribution in [1.29, 1.82) is 0 Å². The van der Waals surface area contributed by atoms with E-state index in [1.807, 2.05) is 6.92 Å². The van der Waals surface area contributed by atoms with Crippen LogP contribution in [0.15, 0.2) is 36.8 Å². The Balaban J connectivity index is 1.57. The summed E-state index contributed by atoms with van der Waals surface area (Å²) < 4.78 is 51.4. The number of rotatable bonds is 9. The van der Waals surface area contributed by atoms with Crippen LogP contribution < -0.4 is 10.2 Å². The number of benzene rings is 1. The Morgan fingerprint density at radius 2 is 1.88 bits per heavy atom. The van der Waals surface area contributed by atoms with E-state index < -0.39 is 23.2 Å². The first kappa shape index (κ1) is 29.2. The molecule has 0 fully saturated rings. The van der Waals surface area contributed by atoms with E-state index in [9.17, 15) is 23.1 Å².